The zero-order chi connectivity index (χ0) is 23.9. The summed E-state index contributed by atoms with van der Waals surface area (Å²) >= 11 is 0. The Hall–Kier alpha value is -3.64. The molecule has 0 aliphatic carbocycles. The molecule has 1 saturated heterocycles. The van der Waals surface area contributed by atoms with Gasteiger partial charge in [-0.3, -0.25) is 9.59 Å². The van der Waals surface area contributed by atoms with Crippen molar-refractivity contribution in [3.05, 3.63) is 95.1 Å². The predicted molar refractivity (Wildman–Crippen MR) is 132 cm³/mol. The first-order valence-electron chi connectivity index (χ1n) is 11.6. The minimum atomic E-state index is -0.276. The van der Waals surface area contributed by atoms with Crippen LogP contribution in [0.5, 0.6) is 5.75 Å². The van der Waals surface area contributed by atoms with Gasteiger partial charge in [0.1, 0.15) is 12.4 Å². The molecule has 6 nitrogen and oxygen atoms in total. The quantitative estimate of drug-likeness (QED) is 0.534. The van der Waals surface area contributed by atoms with Crippen molar-refractivity contribution in [2.45, 2.75) is 26.4 Å². The average molecular weight is 459 g/mol. The van der Waals surface area contributed by atoms with Gasteiger partial charge in [0.25, 0.3) is 11.8 Å². The zero-order valence-electron chi connectivity index (χ0n) is 19.6. The molecule has 1 heterocycles. The molecular formula is C28H30N2O4. The molecule has 3 aromatic rings. The van der Waals surface area contributed by atoms with E-state index in [4.69, 9.17) is 9.47 Å². The van der Waals surface area contributed by atoms with Gasteiger partial charge in [0.2, 0.25) is 0 Å². The van der Waals surface area contributed by atoms with Gasteiger partial charge in [-0.2, -0.15) is 0 Å². The molecule has 0 saturated carbocycles. The Morgan fingerprint density at radius 2 is 1.74 bits per heavy atom. The molecular weight excluding hydrogens is 428 g/mol. The van der Waals surface area contributed by atoms with Gasteiger partial charge in [0.05, 0.1) is 18.8 Å². The number of rotatable bonds is 7. The Morgan fingerprint density at radius 1 is 0.971 bits per heavy atom. The van der Waals surface area contributed by atoms with Gasteiger partial charge in [-0.05, 0) is 47.4 Å². The van der Waals surface area contributed by atoms with Gasteiger partial charge < -0.3 is 19.7 Å². The lowest BCUT2D eigenvalue weighted by molar-refractivity contribution is 0.0303. The fraction of sp³-hybridized carbons (Fsp3) is 0.286. The molecule has 1 N–H and O–H groups in total. The van der Waals surface area contributed by atoms with Gasteiger partial charge in [-0.15, -0.1) is 0 Å². The summed E-state index contributed by atoms with van der Waals surface area (Å²) in [6.45, 7) is 6.76. The number of amides is 2. The van der Waals surface area contributed by atoms with Crippen LogP contribution < -0.4 is 10.1 Å². The standard InChI is InChI=1S/C28H30N2O4/c1-20(2)22-11-12-26(34-19-21-7-4-3-5-8-21)25(18-22)27(31)29-24-10-6-9-23(17-24)28(32)30-13-15-33-16-14-30/h3-12,17-18,20H,13-16,19H2,1-2H3,(H,29,31). The molecule has 176 valence electrons. The fourth-order valence-electron chi connectivity index (χ4n) is 3.82. The molecule has 0 radical (unpaired) electrons. The third-order valence-corrected chi connectivity index (χ3v) is 5.82. The highest BCUT2D eigenvalue weighted by Gasteiger charge is 2.20. The lowest BCUT2D eigenvalue weighted by Gasteiger charge is -2.27. The number of anilines is 1. The molecule has 1 aliphatic heterocycles. The zero-order valence-corrected chi connectivity index (χ0v) is 19.6. The largest absolute Gasteiger partial charge is 0.488 e. The van der Waals surface area contributed by atoms with Crippen molar-refractivity contribution in [1.82, 2.24) is 4.90 Å². The Balaban J connectivity index is 1.53. The molecule has 0 aromatic heterocycles. The topological polar surface area (TPSA) is 67.9 Å². The van der Waals surface area contributed by atoms with Crippen LogP contribution in [0.25, 0.3) is 0 Å². The van der Waals surface area contributed by atoms with E-state index in [1.807, 2.05) is 48.5 Å². The lowest BCUT2D eigenvalue weighted by atomic mass is 9.99. The van der Waals surface area contributed by atoms with Crippen molar-refractivity contribution in [2.24, 2.45) is 0 Å². The van der Waals surface area contributed by atoms with Crippen molar-refractivity contribution in [3.63, 3.8) is 0 Å². The van der Waals surface area contributed by atoms with Crippen LogP contribution in [0.15, 0.2) is 72.8 Å². The molecule has 0 bridgehead atoms. The van der Waals surface area contributed by atoms with Crippen LogP contribution >= 0.6 is 0 Å². The van der Waals surface area contributed by atoms with Gasteiger partial charge in [-0.1, -0.05) is 56.3 Å². The van der Waals surface area contributed by atoms with Gasteiger partial charge in [0, 0.05) is 24.3 Å². The number of hydrogen-bond donors (Lipinski definition) is 1. The lowest BCUT2D eigenvalue weighted by Crippen LogP contribution is -2.40. The molecule has 1 fully saturated rings. The van der Waals surface area contributed by atoms with Crippen molar-refractivity contribution >= 4 is 17.5 Å². The highest BCUT2D eigenvalue weighted by Crippen LogP contribution is 2.26. The second-order valence-electron chi connectivity index (χ2n) is 8.62. The number of carbonyl (C=O) groups is 2. The molecule has 6 heteroatoms. The van der Waals surface area contributed by atoms with Gasteiger partial charge in [0.15, 0.2) is 0 Å². The van der Waals surface area contributed by atoms with Crippen molar-refractivity contribution in [1.29, 1.82) is 0 Å². The van der Waals surface area contributed by atoms with E-state index in [9.17, 15) is 9.59 Å². The molecule has 0 unspecified atom stereocenters. The first kappa shape index (κ1) is 23.5. The number of hydrogen-bond acceptors (Lipinski definition) is 4. The molecule has 3 aromatic carbocycles. The van der Waals surface area contributed by atoms with E-state index in [1.165, 1.54) is 0 Å². The van der Waals surface area contributed by atoms with E-state index in [1.54, 1.807) is 29.2 Å². The van der Waals surface area contributed by atoms with Crippen LogP contribution in [-0.2, 0) is 11.3 Å². The van der Waals surface area contributed by atoms with E-state index in [2.05, 4.69) is 19.2 Å². The number of ether oxygens (including phenoxy) is 2. The summed E-state index contributed by atoms with van der Waals surface area (Å²) in [5.41, 5.74) is 3.64. The highest BCUT2D eigenvalue weighted by molar-refractivity contribution is 6.07. The maximum Gasteiger partial charge on any atom is 0.259 e. The Labute approximate surface area is 200 Å². The average Bonchev–Trinajstić information content (AvgIpc) is 2.88. The Morgan fingerprint density at radius 3 is 2.47 bits per heavy atom. The van der Waals surface area contributed by atoms with E-state index in [-0.39, 0.29) is 17.7 Å². The summed E-state index contributed by atoms with van der Waals surface area (Å²) in [5, 5.41) is 2.95. The second kappa shape index (κ2) is 11.0. The molecule has 0 atom stereocenters. The van der Waals surface area contributed by atoms with Crippen molar-refractivity contribution in [2.75, 3.05) is 31.6 Å². The number of benzene rings is 3. The van der Waals surface area contributed by atoms with Gasteiger partial charge in [-0.25, -0.2) is 0 Å². The number of nitrogens with one attached hydrogen (secondary N) is 1. The minimum Gasteiger partial charge on any atom is -0.488 e. The predicted octanol–water partition coefficient (Wildman–Crippen LogP) is 5.11. The molecule has 34 heavy (non-hydrogen) atoms. The summed E-state index contributed by atoms with van der Waals surface area (Å²) in [6.07, 6.45) is 0. The number of morpholine rings is 1. The SMILES string of the molecule is CC(C)c1ccc(OCc2ccccc2)c(C(=O)Nc2cccc(C(=O)N3CCOCC3)c2)c1. The molecule has 0 spiro atoms. The molecule has 4 rings (SSSR count). The molecule has 2 amide bonds. The minimum absolute atomic E-state index is 0.0620. The molecule has 1 aliphatic rings. The maximum absolute atomic E-state index is 13.3. The Kier molecular flexibility index (Phi) is 7.60. The summed E-state index contributed by atoms with van der Waals surface area (Å²) < 4.78 is 11.4. The summed E-state index contributed by atoms with van der Waals surface area (Å²) in [7, 11) is 0. The normalized spacial score (nSPS) is 13.6. The maximum atomic E-state index is 13.3. The number of carbonyl (C=O) groups excluding carboxylic acids is 2. The third-order valence-electron chi connectivity index (χ3n) is 5.82. The van der Waals surface area contributed by atoms with Crippen LogP contribution in [0.1, 0.15) is 51.6 Å². The smallest absolute Gasteiger partial charge is 0.259 e. The summed E-state index contributed by atoms with van der Waals surface area (Å²) in [4.78, 5) is 27.9. The first-order chi connectivity index (χ1) is 16.5. The van der Waals surface area contributed by atoms with Crippen molar-refractivity contribution in [3.8, 4) is 5.75 Å². The first-order valence-corrected chi connectivity index (χ1v) is 11.6. The van der Waals surface area contributed by atoms with Crippen LogP contribution in [0.4, 0.5) is 5.69 Å². The Bertz CT molecular complexity index is 1140. The monoisotopic (exact) mass is 458 g/mol. The highest BCUT2D eigenvalue weighted by atomic mass is 16.5. The summed E-state index contributed by atoms with van der Waals surface area (Å²) in [5.74, 6) is 0.449. The summed E-state index contributed by atoms with van der Waals surface area (Å²) in [6, 6.07) is 22.6. The fourth-order valence-corrected chi connectivity index (χ4v) is 3.82. The second-order valence-corrected chi connectivity index (χ2v) is 8.62. The number of nitrogens with zero attached hydrogens (tertiary/aromatic N) is 1. The van der Waals surface area contributed by atoms with Crippen LogP contribution in [0.2, 0.25) is 0 Å². The van der Waals surface area contributed by atoms with Crippen LogP contribution in [0, 0.1) is 0 Å². The van der Waals surface area contributed by atoms with E-state index in [0.29, 0.717) is 55.5 Å². The van der Waals surface area contributed by atoms with E-state index in [0.717, 1.165) is 11.1 Å². The van der Waals surface area contributed by atoms with Crippen molar-refractivity contribution < 1.29 is 19.1 Å². The van der Waals surface area contributed by atoms with Crippen LogP contribution in [-0.4, -0.2) is 43.0 Å². The van der Waals surface area contributed by atoms with E-state index < -0.39 is 0 Å². The van der Waals surface area contributed by atoms with Crippen LogP contribution in [0.3, 0.4) is 0 Å². The van der Waals surface area contributed by atoms with E-state index >= 15 is 0 Å². The third kappa shape index (κ3) is 5.83. The van der Waals surface area contributed by atoms with Gasteiger partial charge >= 0.3 is 0 Å².